The second-order valence-corrected chi connectivity index (χ2v) is 15.0. The standard InChI is InChI=1S/C29H31ClN8O9S2/c1-29(2,12-39)47-34-18(22-33-28(31)49-35-22)23(42)32-19-25(44)37-20(27(45)46)13(11-48-26(19)37)9-38-7-5-14(10-38)36(6-8-38)24(43)15-3-4-16(40)21(41)17(15)30/h3-4,12,14,19,26H,5-11H2,1-2H3,(H5-,31,32,33,34,35,40,41,42,43,45,46)/p+1/t14-,19+,26+,38-/m0/s1. The number of nitrogen functional groups attached to an aromatic ring is 1. The number of phenols is 2. The van der Waals surface area contributed by atoms with Crippen LogP contribution in [0.25, 0.3) is 0 Å². The summed E-state index contributed by atoms with van der Waals surface area (Å²) in [6.07, 6.45) is 1.15. The number of hydrogen-bond donors (Lipinski definition) is 5. The molecule has 2 aromatic rings. The van der Waals surface area contributed by atoms with E-state index in [-0.39, 0.29) is 39.2 Å². The summed E-state index contributed by atoms with van der Waals surface area (Å²) in [4.78, 5) is 76.1. The minimum Gasteiger partial charge on any atom is -0.504 e. The molecule has 4 atom stereocenters. The Morgan fingerprint density at radius 3 is 2.71 bits per heavy atom. The van der Waals surface area contributed by atoms with E-state index >= 15 is 0 Å². The van der Waals surface area contributed by atoms with E-state index in [0.717, 1.165) is 11.5 Å². The predicted octanol–water partition coefficient (Wildman–Crippen LogP) is 0.367. The van der Waals surface area contributed by atoms with Gasteiger partial charge in [0.15, 0.2) is 28.5 Å². The van der Waals surface area contributed by atoms with Crippen LogP contribution in [0.3, 0.4) is 0 Å². The summed E-state index contributed by atoms with van der Waals surface area (Å²) >= 11 is 8.29. The largest absolute Gasteiger partial charge is 0.504 e. The number of aromatic hydroxyl groups is 2. The molecule has 0 unspecified atom stereocenters. The van der Waals surface area contributed by atoms with Crippen molar-refractivity contribution >= 4 is 75.7 Å². The van der Waals surface area contributed by atoms with Crippen molar-refractivity contribution in [3.63, 3.8) is 0 Å². The van der Waals surface area contributed by atoms with Crippen LogP contribution in [0.1, 0.15) is 36.5 Å². The van der Waals surface area contributed by atoms with E-state index in [4.69, 9.17) is 22.2 Å². The number of carbonyl (C=O) groups excluding carboxylic acids is 4. The molecule has 0 aliphatic carbocycles. The summed E-state index contributed by atoms with van der Waals surface area (Å²) in [5.41, 5.74) is 4.42. The molecule has 2 bridgehead atoms. The zero-order chi connectivity index (χ0) is 35.4. The molecule has 20 heteroatoms. The molecule has 3 saturated heterocycles. The first-order chi connectivity index (χ1) is 23.1. The number of aldehydes is 1. The number of fused-ring (bicyclic) bond motifs is 3. The SMILES string of the molecule is CC(C)(C=O)O/N=C(\C(=O)N[C@@H]1C(=O)N2C(C(=O)O)=C(C[N@@+]34CC[C@@H](C3)N(C(=O)c3ccc(O)c(O)c3Cl)CC4)CS[C@H]12)c1nsc(N)n1. The van der Waals surface area contributed by atoms with Crippen molar-refractivity contribution in [2.75, 3.05) is 44.2 Å². The molecule has 4 aliphatic heterocycles. The lowest BCUT2D eigenvalue weighted by molar-refractivity contribution is -0.916. The Labute approximate surface area is 292 Å². The van der Waals surface area contributed by atoms with Crippen LogP contribution in [0.5, 0.6) is 11.5 Å². The topological polar surface area (TPSA) is 238 Å². The van der Waals surface area contributed by atoms with Gasteiger partial charge in [0.1, 0.15) is 23.7 Å². The van der Waals surface area contributed by atoms with Gasteiger partial charge < -0.3 is 40.6 Å². The van der Waals surface area contributed by atoms with Crippen molar-refractivity contribution in [3.8, 4) is 11.5 Å². The molecule has 3 amide bonds. The van der Waals surface area contributed by atoms with Gasteiger partial charge in [-0.25, -0.2) is 4.79 Å². The number of quaternary nitrogens is 1. The average molecular weight is 736 g/mol. The molecule has 5 heterocycles. The highest BCUT2D eigenvalue weighted by atomic mass is 35.5. The molecule has 17 nitrogen and oxygen atoms in total. The second kappa shape index (κ2) is 12.8. The zero-order valence-corrected chi connectivity index (χ0v) is 28.5. The van der Waals surface area contributed by atoms with Gasteiger partial charge >= 0.3 is 5.97 Å². The lowest BCUT2D eigenvalue weighted by Gasteiger charge is -2.50. The number of rotatable bonds is 10. The van der Waals surface area contributed by atoms with E-state index in [1.54, 1.807) is 4.90 Å². The number of aromatic nitrogens is 2. The molecular formula is C29H32ClN8O9S2+. The fourth-order valence-electron chi connectivity index (χ4n) is 6.50. The number of carboxylic acids is 1. The van der Waals surface area contributed by atoms with Crippen molar-refractivity contribution in [2.45, 2.75) is 43.3 Å². The summed E-state index contributed by atoms with van der Waals surface area (Å²) in [5, 5.41) is 35.5. The number of hydrogen-bond acceptors (Lipinski definition) is 14. The van der Waals surface area contributed by atoms with Crippen LogP contribution >= 0.6 is 34.9 Å². The van der Waals surface area contributed by atoms with Gasteiger partial charge in [-0.1, -0.05) is 16.8 Å². The molecule has 49 heavy (non-hydrogen) atoms. The lowest BCUT2D eigenvalue weighted by Crippen LogP contribution is -2.71. The van der Waals surface area contributed by atoms with Gasteiger partial charge in [-0.05, 0) is 26.0 Å². The number of anilines is 1. The molecule has 0 radical (unpaired) electrons. The Hall–Kier alpha value is -4.46. The predicted molar refractivity (Wildman–Crippen MR) is 176 cm³/mol. The van der Waals surface area contributed by atoms with Gasteiger partial charge in [-0.15, -0.1) is 11.8 Å². The highest BCUT2D eigenvalue weighted by Gasteiger charge is 2.56. The van der Waals surface area contributed by atoms with Crippen LogP contribution in [0.2, 0.25) is 5.02 Å². The summed E-state index contributed by atoms with van der Waals surface area (Å²) in [7, 11) is 0. The highest BCUT2D eigenvalue weighted by molar-refractivity contribution is 8.00. The number of thioether (sulfide) groups is 1. The summed E-state index contributed by atoms with van der Waals surface area (Å²) in [5.74, 6) is -4.00. The molecule has 1 aromatic carbocycles. The lowest BCUT2D eigenvalue weighted by atomic mass is 10.0. The molecule has 6 rings (SSSR count). The maximum atomic E-state index is 13.4. The third-order valence-electron chi connectivity index (χ3n) is 8.96. The van der Waals surface area contributed by atoms with Crippen molar-refractivity contribution in [3.05, 3.63) is 39.8 Å². The highest BCUT2D eigenvalue weighted by Crippen LogP contribution is 2.43. The maximum Gasteiger partial charge on any atom is 0.352 e. The van der Waals surface area contributed by atoms with Gasteiger partial charge in [0.05, 0.1) is 42.8 Å². The summed E-state index contributed by atoms with van der Waals surface area (Å²) in [6, 6.07) is 1.33. The third kappa shape index (κ3) is 6.26. The molecule has 1 aromatic heterocycles. The maximum absolute atomic E-state index is 13.4. The van der Waals surface area contributed by atoms with Gasteiger partial charge in [-0.3, -0.25) is 24.1 Å². The smallest absolute Gasteiger partial charge is 0.352 e. The number of amides is 3. The van der Waals surface area contributed by atoms with E-state index in [9.17, 15) is 39.3 Å². The van der Waals surface area contributed by atoms with Crippen LogP contribution in [0.4, 0.5) is 5.13 Å². The molecule has 3 fully saturated rings. The third-order valence-corrected chi connectivity index (χ3v) is 11.2. The molecule has 4 aliphatic rings. The summed E-state index contributed by atoms with van der Waals surface area (Å²) in [6.45, 7) is 5.35. The second-order valence-electron chi connectivity index (χ2n) is 12.7. The first-order valence-electron chi connectivity index (χ1n) is 15.0. The van der Waals surface area contributed by atoms with E-state index in [1.807, 2.05) is 0 Å². The van der Waals surface area contributed by atoms with Crippen molar-refractivity contribution < 1.29 is 48.6 Å². The number of phenolic OH excluding ortho intramolecular Hbond substituents is 2. The molecule has 6 N–H and O–H groups in total. The van der Waals surface area contributed by atoms with Crippen LogP contribution in [-0.2, 0) is 24.0 Å². The number of carbonyl (C=O) groups is 5. The monoisotopic (exact) mass is 735 g/mol. The fourth-order valence-corrected chi connectivity index (χ4v) is 8.51. The number of nitrogens with two attached hydrogens (primary N) is 1. The van der Waals surface area contributed by atoms with Gasteiger partial charge in [-0.2, -0.15) is 9.36 Å². The van der Waals surface area contributed by atoms with E-state index in [1.165, 1.54) is 42.6 Å². The van der Waals surface area contributed by atoms with Crippen LogP contribution < -0.4 is 11.1 Å². The molecular weight excluding hydrogens is 704 g/mol. The molecule has 260 valence electrons. The quantitative estimate of drug-likeness (QED) is 0.0554. The Kier molecular flexibility index (Phi) is 8.97. The van der Waals surface area contributed by atoms with Crippen molar-refractivity contribution in [1.82, 2.24) is 24.5 Å². The number of nitrogens with zero attached hydrogens (tertiary/aromatic N) is 6. The van der Waals surface area contributed by atoms with Gasteiger partial charge in [0, 0.05) is 29.3 Å². The van der Waals surface area contributed by atoms with Crippen molar-refractivity contribution in [1.29, 1.82) is 0 Å². The number of oxime groups is 1. The van der Waals surface area contributed by atoms with Crippen molar-refractivity contribution in [2.24, 2.45) is 5.16 Å². The summed E-state index contributed by atoms with van der Waals surface area (Å²) < 4.78 is 4.52. The van der Waals surface area contributed by atoms with Crippen LogP contribution in [0, 0.1) is 0 Å². The number of benzene rings is 1. The minimum atomic E-state index is -1.37. The Balaban J connectivity index is 1.16. The average Bonchev–Trinajstić information content (AvgIpc) is 3.64. The number of β-lactam (4-membered cyclic amide) rings is 1. The zero-order valence-electron chi connectivity index (χ0n) is 26.2. The van der Waals surface area contributed by atoms with Crippen LogP contribution in [0.15, 0.2) is 28.6 Å². The number of halogens is 1. The van der Waals surface area contributed by atoms with Crippen LogP contribution in [-0.4, -0.2) is 136 Å². The fraction of sp³-hybridized carbons (Fsp3) is 0.448. The molecule has 0 spiro atoms. The minimum absolute atomic E-state index is 0.0494. The van der Waals surface area contributed by atoms with Gasteiger partial charge in [0.25, 0.3) is 17.7 Å². The Morgan fingerprint density at radius 1 is 1.29 bits per heavy atom. The van der Waals surface area contributed by atoms with E-state index in [2.05, 4.69) is 19.8 Å². The number of piperazine rings is 1. The van der Waals surface area contributed by atoms with E-state index in [0.29, 0.717) is 61.2 Å². The Morgan fingerprint density at radius 2 is 2.04 bits per heavy atom. The Bertz CT molecular complexity index is 1830. The van der Waals surface area contributed by atoms with Gasteiger partial charge in [0.2, 0.25) is 11.5 Å². The first kappa shape index (κ1) is 34.4. The van der Waals surface area contributed by atoms with E-state index < -0.39 is 52.0 Å². The number of carboxylic acid groups (broad SMARTS) is 1. The number of nitrogens with one attached hydrogen (secondary N) is 1. The molecule has 0 saturated carbocycles. The number of aliphatic carboxylic acids is 1. The normalized spacial score (nSPS) is 25.1. The first-order valence-corrected chi connectivity index (χ1v) is 17.2.